The van der Waals surface area contributed by atoms with E-state index in [0.717, 1.165) is 29.1 Å². The lowest BCUT2D eigenvalue weighted by molar-refractivity contribution is 0.415. The molecule has 1 aliphatic rings. The second-order valence-corrected chi connectivity index (χ2v) is 4.03. The molecule has 1 heterocycles. The molecule has 0 amide bonds. The largest absolute Gasteiger partial charge is 0.497 e. The molecule has 0 fully saturated rings. The number of hydrogen-bond acceptors (Lipinski definition) is 3. The van der Waals surface area contributed by atoms with Crippen molar-refractivity contribution >= 4 is 0 Å². The Labute approximate surface area is 99.1 Å². The molecule has 0 spiro atoms. The van der Waals surface area contributed by atoms with E-state index in [1.807, 2.05) is 16.7 Å². The van der Waals surface area contributed by atoms with Crippen LogP contribution in [-0.4, -0.2) is 16.7 Å². The van der Waals surface area contributed by atoms with E-state index in [-0.39, 0.29) is 0 Å². The molecule has 0 radical (unpaired) electrons. The van der Waals surface area contributed by atoms with Crippen molar-refractivity contribution in [2.24, 2.45) is 0 Å². The number of ether oxygens (including phenoxy) is 1. The van der Waals surface area contributed by atoms with Gasteiger partial charge in [0.25, 0.3) is 0 Å². The van der Waals surface area contributed by atoms with E-state index in [4.69, 9.17) is 10.00 Å². The van der Waals surface area contributed by atoms with Crippen LogP contribution in [0.15, 0.2) is 24.5 Å². The first-order chi connectivity index (χ1) is 8.33. The minimum absolute atomic E-state index is 0.355. The summed E-state index contributed by atoms with van der Waals surface area (Å²) < 4.78 is 7.13. The van der Waals surface area contributed by atoms with Crippen LogP contribution in [0.25, 0.3) is 11.3 Å². The van der Waals surface area contributed by atoms with E-state index < -0.39 is 0 Å². The summed E-state index contributed by atoms with van der Waals surface area (Å²) in [5, 5.41) is 8.75. The summed E-state index contributed by atoms with van der Waals surface area (Å²) in [5.74, 6) is 0.839. The summed E-state index contributed by atoms with van der Waals surface area (Å²) in [7, 11) is 1.66. The molecule has 1 aliphatic carbocycles. The quantitative estimate of drug-likeness (QED) is 0.670. The van der Waals surface area contributed by atoms with Crippen molar-refractivity contribution in [3.63, 3.8) is 0 Å². The van der Waals surface area contributed by atoms with Gasteiger partial charge in [0.15, 0.2) is 0 Å². The Bertz CT molecular complexity index is 622. The average Bonchev–Trinajstić information content (AvgIpc) is 2.89. The molecular weight excluding hydrogens is 214 g/mol. The van der Waals surface area contributed by atoms with Crippen molar-refractivity contribution in [1.82, 2.24) is 9.55 Å². The zero-order valence-corrected chi connectivity index (χ0v) is 9.47. The number of hydrogen-bond donors (Lipinski definition) is 0. The van der Waals surface area contributed by atoms with E-state index in [0.29, 0.717) is 6.54 Å². The van der Waals surface area contributed by atoms with Gasteiger partial charge >= 0.3 is 0 Å². The van der Waals surface area contributed by atoms with Crippen LogP contribution in [-0.2, 0) is 13.0 Å². The highest BCUT2D eigenvalue weighted by Gasteiger charge is 2.23. The van der Waals surface area contributed by atoms with Crippen LogP contribution in [0.1, 0.15) is 11.3 Å². The van der Waals surface area contributed by atoms with Gasteiger partial charge in [0.05, 0.1) is 30.9 Å². The lowest BCUT2D eigenvalue weighted by Gasteiger charge is -2.03. The van der Waals surface area contributed by atoms with E-state index in [1.165, 1.54) is 5.56 Å². The van der Waals surface area contributed by atoms with Gasteiger partial charge in [-0.3, -0.25) is 0 Å². The molecule has 17 heavy (non-hydrogen) atoms. The summed E-state index contributed by atoms with van der Waals surface area (Å²) in [6.45, 7) is 0.355. The molecule has 0 saturated carbocycles. The molecule has 1 aromatic carbocycles. The molecule has 3 rings (SSSR count). The number of rotatable bonds is 2. The van der Waals surface area contributed by atoms with Gasteiger partial charge in [-0.2, -0.15) is 5.26 Å². The third kappa shape index (κ3) is 1.40. The number of aromatic nitrogens is 2. The highest BCUT2D eigenvalue weighted by Crippen LogP contribution is 2.37. The fourth-order valence-corrected chi connectivity index (χ4v) is 2.27. The third-order valence-electron chi connectivity index (χ3n) is 3.12. The molecule has 84 valence electrons. The van der Waals surface area contributed by atoms with Gasteiger partial charge < -0.3 is 9.30 Å². The van der Waals surface area contributed by atoms with Gasteiger partial charge in [-0.1, -0.05) is 6.07 Å². The van der Waals surface area contributed by atoms with Crippen LogP contribution in [0.3, 0.4) is 0 Å². The summed E-state index contributed by atoms with van der Waals surface area (Å²) >= 11 is 0. The number of fused-ring (bicyclic) bond motifs is 3. The van der Waals surface area contributed by atoms with Crippen molar-refractivity contribution in [3.05, 3.63) is 35.8 Å². The Hall–Kier alpha value is -2.28. The van der Waals surface area contributed by atoms with E-state index >= 15 is 0 Å². The van der Waals surface area contributed by atoms with Crippen molar-refractivity contribution in [3.8, 4) is 23.1 Å². The molecule has 2 aromatic rings. The van der Waals surface area contributed by atoms with Crippen LogP contribution in [0.2, 0.25) is 0 Å². The first-order valence-corrected chi connectivity index (χ1v) is 5.41. The maximum Gasteiger partial charge on any atom is 0.119 e. The summed E-state index contributed by atoms with van der Waals surface area (Å²) in [5.41, 5.74) is 4.47. The first-order valence-electron chi connectivity index (χ1n) is 5.41. The monoisotopic (exact) mass is 225 g/mol. The second kappa shape index (κ2) is 3.63. The van der Waals surface area contributed by atoms with Crippen molar-refractivity contribution in [1.29, 1.82) is 5.26 Å². The second-order valence-electron chi connectivity index (χ2n) is 4.03. The van der Waals surface area contributed by atoms with Crippen molar-refractivity contribution < 1.29 is 4.74 Å². The highest BCUT2D eigenvalue weighted by molar-refractivity contribution is 5.73. The van der Waals surface area contributed by atoms with E-state index in [2.05, 4.69) is 17.1 Å². The van der Waals surface area contributed by atoms with Crippen molar-refractivity contribution in [2.45, 2.75) is 13.0 Å². The highest BCUT2D eigenvalue weighted by atomic mass is 16.5. The predicted octanol–water partition coefficient (Wildman–Crippen LogP) is 1.99. The molecular formula is C13H11N3O. The minimum atomic E-state index is 0.355. The molecule has 0 aliphatic heterocycles. The van der Waals surface area contributed by atoms with E-state index in [9.17, 15) is 0 Å². The molecule has 1 aromatic heterocycles. The number of methoxy groups -OCH3 is 1. The third-order valence-corrected chi connectivity index (χ3v) is 3.12. The zero-order chi connectivity index (χ0) is 11.8. The fraction of sp³-hybridized carbons (Fsp3) is 0.231. The lowest BCUT2D eigenvalue weighted by atomic mass is 10.1. The normalized spacial score (nSPS) is 11.8. The number of nitrogens with zero attached hydrogens (tertiary/aromatic N) is 3. The maximum atomic E-state index is 8.75. The molecule has 0 N–H and O–H groups in total. The number of benzene rings is 1. The predicted molar refractivity (Wildman–Crippen MR) is 62.6 cm³/mol. The number of imidazole rings is 1. The van der Waals surface area contributed by atoms with Gasteiger partial charge in [0.1, 0.15) is 12.3 Å². The zero-order valence-electron chi connectivity index (χ0n) is 9.47. The lowest BCUT2D eigenvalue weighted by Crippen LogP contribution is -1.98. The van der Waals surface area contributed by atoms with Gasteiger partial charge in [0, 0.05) is 12.0 Å². The van der Waals surface area contributed by atoms with Crippen molar-refractivity contribution in [2.75, 3.05) is 7.11 Å². The standard InChI is InChI=1S/C13H11N3O/c1-17-10-3-2-9-6-12-13(11(9)7-10)15-8-16(12)5-4-14/h2-3,7-8H,5-6H2,1H3. The van der Waals surface area contributed by atoms with Gasteiger partial charge in [-0.05, 0) is 17.7 Å². The van der Waals surface area contributed by atoms with Crippen LogP contribution < -0.4 is 4.74 Å². The molecule has 4 heteroatoms. The van der Waals surface area contributed by atoms with Crippen LogP contribution >= 0.6 is 0 Å². The smallest absolute Gasteiger partial charge is 0.119 e. The number of nitriles is 1. The Balaban J connectivity index is 2.11. The SMILES string of the molecule is COc1ccc2c(c1)-c1ncn(CC#N)c1C2. The Morgan fingerprint density at radius 3 is 3.18 bits per heavy atom. The Morgan fingerprint density at radius 1 is 1.53 bits per heavy atom. The fourth-order valence-electron chi connectivity index (χ4n) is 2.27. The van der Waals surface area contributed by atoms with Crippen LogP contribution in [0, 0.1) is 11.3 Å². The van der Waals surface area contributed by atoms with Crippen LogP contribution in [0.4, 0.5) is 0 Å². The van der Waals surface area contributed by atoms with E-state index in [1.54, 1.807) is 13.4 Å². The minimum Gasteiger partial charge on any atom is -0.497 e. The average molecular weight is 225 g/mol. The summed E-state index contributed by atoms with van der Waals surface area (Å²) in [6.07, 6.45) is 2.58. The topological polar surface area (TPSA) is 50.8 Å². The summed E-state index contributed by atoms with van der Waals surface area (Å²) in [4.78, 5) is 4.39. The first kappa shape index (κ1) is 9.91. The van der Waals surface area contributed by atoms with Crippen LogP contribution in [0.5, 0.6) is 5.75 Å². The van der Waals surface area contributed by atoms with Gasteiger partial charge in [0.2, 0.25) is 0 Å². The molecule has 0 bridgehead atoms. The Morgan fingerprint density at radius 2 is 2.41 bits per heavy atom. The molecule has 0 unspecified atom stereocenters. The summed E-state index contributed by atoms with van der Waals surface area (Å²) in [6, 6.07) is 8.17. The molecule has 0 atom stereocenters. The van der Waals surface area contributed by atoms with Gasteiger partial charge in [-0.25, -0.2) is 4.98 Å². The maximum absolute atomic E-state index is 8.75. The molecule has 0 saturated heterocycles. The Kier molecular flexibility index (Phi) is 2.12. The van der Waals surface area contributed by atoms with Gasteiger partial charge in [-0.15, -0.1) is 0 Å². The molecule has 4 nitrogen and oxygen atoms in total.